The van der Waals surface area contributed by atoms with E-state index in [0.29, 0.717) is 6.42 Å². The summed E-state index contributed by atoms with van der Waals surface area (Å²) in [5, 5.41) is 0. The zero-order chi connectivity index (χ0) is 20.7. The van der Waals surface area contributed by atoms with E-state index in [0.717, 1.165) is 22.4 Å². The molecule has 3 heteroatoms. The van der Waals surface area contributed by atoms with Crippen LogP contribution in [-0.4, -0.2) is 23.3 Å². The van der Waals surface area contributed by atoms with Crippen LogP contribution in [0.25, 0.3) is 0 Å². The van der Waals surface area contributed by atoms with Gasteiger partial charge in [0.1, 0.15) is 5.60 Å². The van der Waals surface area contributed by atoms with Crippen molar-refractivity contribution in [3.63, 3.8) is 0 Å². The lowest BCUT2D eigenvalue weighted by molar-refractivity contribution is -0.156. The summed E-state index contributed by atoms with van der Waals surface area (Å²) in [5.41, 5.74) is 3.22. The van der Waals surface area contributed by atoms with E-state index in [2.05, 4.69) is 0 Å². The molecule has 0 aliphatic rings. The topological polar surface area (TPSA) is 38.7 Å². The molecule has 0 aliphatic carbocycles. The molecule has 148 valence electrons. The first-order valence-corrected chi connectivity index (χ1v) is 9.88. The average Bonchev–Trinajstić information content (AvgIpc) is 2.72. The molecule has 0 N–H and O–H groups in total. The van der Waals surface area contributed by atoms with Gasteiger partial charge in [0.2, 0.25) is 0 Å². The molecule has 0 spiro atoms. The smallest absolute Gasteiger partial charge is 0.331 e. The molecule has 3 nitrogen and oxygen atoms in total. The minimum Gasteiger partial charge on any atom is -0.458 e. The maximum atomic E-state index is 13.0. The van der Waals surface area contributed by atoms with Gasteiger partial charge in [-0.15, -0.1) is 0 Å². The summed E-state index contributed by atoms with van der Waals surface area (Å²) >= 11 is 0. The van der Waals surface area contributed by atoms with E-state index in [1.165, 1.54) is 0 Å². The zero-order valence-corrected chi connectivity index (χ0v) is 17.2. The predicted molar refractivity (Wildman–Crippen MR) is 118 cm³/mol. The van der Waals surface area contributed by atoms with E-state index in [-0.39, 0.29) is 5.97 Å². The summed E-state index contributed by atoms with van der Waals surface area (Å²) in [4.78, 5) is 18.0. The van der Waals surface area contributed by atoms with Crippen molar-refractivity contribution in [1.29, 1.82) is 0 Å². The number of carbonyl (C=O) groups excluding carboxylic acids is 1. The van der Waals surface area contributed by atoms with Gasteiger partial charge in [-0.05, 0) is 26.3 Å². The molecule has 3 aromatic carbocycles. The minimum atomic E-state index is -0.632. The average molecular weight is 386 g/mol. The van der Waals surface area contributed by atoms with E-state index in [9.17, 15) is 4.79 Å². The third-order valence-corrected chi connectivity index (χ3v) is 4.33. The van der Waals surface area contributed by atoms with Crippen LogP contribution in [0.3, 0.4) is 0 Å². The molecular formula is C26H27NO2. The second-order valence-electron chi connectivity index (χ2n) is 7.95. The van der Waals surface area contributed by atoms with Gasteiger partial charge in [-0.3, -0.25) is 4.99 Å². The highest BCUT2D eigenvalue weighted by Gasteiger charge is 2.26. The van der Waals surface area contributed by atoms with E-state index in [1.807, 2.05) is 112 Å². The Kier molecular flexibility index (Phi) is 6.61. The Morgan fingerprint density at radius 2 is 1.24 bits per heavy atom. The Morgan fingerprint density at radius 1 is 0.793 bits per heavy atom. The Hall–Kier alpha value is -3.20. The van der Waals surface area contributed by atoms with Crippen LogP contribution in [0.2, 0.25) is 0 Å². The second kappa shape index (κ2) is 9.33. The third-order valence-electron chi connectivity index (χ3n) is 4.33. The number of esters is 1. The van der Waals surface area contributed by atoms with Gasteiger partial charge in [-0.25, -0.2) is 4.79 Å². The van der Waals surface area contributed by atoms with Crippen molar-refractivity contribution in [2.75, 3.05) is 0 Å². The molecule has 0 radical (unpaired) electrons. The van der Waals surface area contributed by atoms with E-state index in [1.54, 1.807) is 0 Å². The Labute approximate surface area is 173 Å². The van der Waals surface area contributed by atoms with Crippen LogP contribution in [0.5, 0.6) is 0 Å². The molecule has 0 aromatic heterocycles. The summed E-state index contributed by atoms with van der Waals surface area (Å²) in [6.07, 6.45) is 0.485. The SMILES string of the molecule is CC(C)(C)OC(=O)C(Cc1ccccc1)N=C(c1ccccc1)c1ccccc1. The van der Waals surface area contributed by atoms with Crippen molar-refractivity contribution in [3.05, 3.63) is 108 Å². The molecule has 3 rings (SSSR count). The fourth-order valence-corrected chi connectivity index (χ4v) is 3.05. The number of ether oxygens (including phenoxy) is 1. The van der Waals surface area contributed by atoms with E-state index in [4.69, 9.17) is 9.73 Å². The van der Waals surface area contributed by atoms with Crippen molar-refractivity contribution >= 4 is 11.7 Å². The molecular weight excluding hydrogens is 358 g/mol. The van der Waals surface area contributed by atoms with Gasteiger partial charge in [0.15, 0.2) is 6.04 Å². The fourth-order valence-electron chi connectivity index (χ4n) is 3.05. The van der Waals surface area contributed by atoms with Gasteiger partial charge in [-0.1, -0.05) is 91.0 Å². The minimum absolute atomic E-state index is 0.314. The van der Waals surface area contributed by atoms with Crippen LogP contribution in [-0.2, 0) is 16.0 Å². The Balaban J connectivity index is 2.05. The lowest BCUT2D eigenvalue weighted by Crippen LogP contribution is -2.33. The van der Waals surface area contributed by atoms with Gasteiger partial charge in [0, 0.05) is 17.5 Å². The highest BCUT2D eigenvalue weighted by atomic mass is 16.6. The van der Waals surface area contributed by atoms with Crippen LogP contribution in [0, 0.1) is 0 Å². The number of nitrogens with zero attached hydrogens (tertiary/aromatic N) is 1. The van der Waals surface area contributed by atoms with Gasteiger partial charge < -0.3 is 4.74 Å². The highest BCUT2D eigenvalue weighted by molar-refractivity contribution is 6.13. The first-order valence-electron chi connectivity index (χ1n) is 9.88. The summed E-state index contributed by atoms with van der Waals surface area (Å²) in [7, 11) is 0. The van der Waals surface area contributed by atoms with Crippen molar-refractivity contribution in [1.82, 2.24) is 0 Å². The maximum Gasteiger partial charge on any atom is 0.331 e. The zero-order valence-electron chi connectivity index (χ0n) is 17.2. The summed E-state index contributed by atoms with van der Waals surface area (Å²) < 4.78 is 5.70. The van der Waals surface area contributed by atoms with Crippen LogP contribution >= 0.6 is 0 Å². The molecule has 1 unspecified atom stereocenters. The highest BCUT2D eigenvalue weighted by Crippen LogP contribution is 2.18. The van der Waals surface area contributed by atoms with Crippen LogP contribution in [0.15, 0.2) is 96.0 Å². The normalized spacial score (nSPS) is 12.1. The number of hydrogen-bond donors (Lipinski definition) is 0. The maximum absolute atomic E-state index is 13.0. The number of carbonyl (C=O) groups is 1. The third kappa shape index (κ3) is 6.15. The van der Waals surface area contributed by atoms with Gasteiger partial charge in [0.05, 0.1) is 5.71 Å². The van der Waals surface area contributed by atoms with Gasteiger partial charge in [0.25, 0.3) is 0 Å². The molecule has 1 atom stereocenters. The molecule has 29 heavy (non-hydrogen) atoms. The van der Waals surface area contributed by atoms with Crippen molar-refractivity contribution < 1.29 is 9.53 Å². The lowest BCUT2D eigenvalue weighted by Gasteiger charge is -2.23. The molecule has 0 aliphatic heterocycles. The lowest BCUT2D eigenvalue weighted by atomic mass is 10.0. The Bertz CT molecular complexity index is 901. The van der Waals surface area contributed by atoms with Crippen LogP contribution < -0.4 is 0 Å². The first-order chi connectivity index (χ1) is 13.9. The second-order valence-corrected chi connectivity index (χ2v) is 7.95. The predicted octanol–water partition coefficient (Wildman–Crippen LogP) is 5.48. The summed E-state index contributed by atoms with van der Waals surface area (Å²) in [5.74, 6) is -0.314. The van der Waals surface area contributed by atoms with Crippen molar-refractivity contribution in [3.8, 4) is 0 Å². The number of aliphatic imine (C=N–C) groups is 1. The molecule has 3 aromatic rings. The van der Waals surface area contributed by atoms with Crippen LogP contribution in [0.1, 0.15) is 37.5 Å². The molecule has 0 amide bonds. The monoisotopic (exact) mass is 385 g/mol. The summed E-state index contributed by atoms with van der Waals surface area (Å²) in [6, 6.07) is 29.2. The van der Waals surface area contributed by atoms with E-state index >= 15 is 0 Å². The number of rotatable bonds is 6. The molecule has 0 heterocycles. The number of benzene rings is 3. The Morgan fingerprint density at radius 3 is 1.69 bits per heavy atom. The van der Waals surface area contributed by atoms with Gasteiger partial charge in [-0.2, -0.15) is 0 Å². The molecule has 0 saturated carbocycles. The standard InChI is InChI=1S/C26H27NO2/c1-26(2,3)29-25(28)23(19-20-13-7-4-8-14-20)27-24(21-15-9-5-10-16-21)22-17-11-6-12-18-22/h4-18,23H,19H2,1-3H3. The largest absolute Gasteiger partial charge is 0.458 e. The molecule has 0 saturated heterocycles. The fraction of sp³-hybridized carbons (Fsp3) is 0.231. The first kappa shape index (κ1) is 20.5. The molecule has 0 bridgehead atoms. The van der Waals surface area contributed by atoms with Crippen LogP contribution in [0.4, 0.5) is 0 Å². The van der Waals surface area contributed by atoms with Crippen molar-refractivity contribution in [2.24, 2.45) is 4.99 Å². The molecule has 0 fully saturated rings. The van der Waals surface area contributed by atoms with Crippen molar-refractivity contribution in [2.45, 2.75) is 38.8 Å². The quantitative estimate of drug-likeness (QED) is 0.416. The number of hydrogen-bond acceptors (Lipinski definition) is 3. The summed E-state index contributed by atoms with van der Waals surface area (Å²) in [6.45, 7) is 5.64. The van der Waals surface area contributed by atoms with Gasteiger partial charge >= 0.3 is 5.97 Å². The van der Waals surface area contributed by atoms with E-state index < -0.39 is 11.6 Å².